The highest BCUT2D eigenvalue weighted by atomic mass is 32.2. The summed E-state index contributed by atoms with van der Waals surface area (Å²) in [6, 6.07) is 11.5. The van der Waals surface area contributed by atoms with E-state index in [1.54, 1.807) is 0 Å². The van der Waals surface area contributed by atoms with Crippen LogP contribution in [0.15, 0.2) is 30.3 Å². The van der Waals surface area contributed by atoms with Gasteiger partial charge in [-0.2, -0.15) is 11.8 Å². The predicted molar refractivity (Wildman–Crippen MR) is 90.4 cm³/mol. The Morgan fingerprint density at radius 1 is 1.35 bits per heavy atom. The summed E-state index contributed by atoms with van der Waals surface area (Å²) < 4.78 is 0. The van der Waals surface area contributed by atoms with Crippen molar-refractivity contribution in [3.63, 3.8) is 0 Å². The molecule has 1 aromatic carbocycles. The van der Waals surface area contributed by atoms with Gasteiger partial charge in [-0.25, -0.2) is 0 Å². The number of rotatable bonds is 5. The molecule has 0 bridgehead atoms. The summed E-state index contributed by atoms with van der Waals surface area (Å²) >= 11 is 1.94. The minimum absolute atomic E-state index is 0.0745. The first-order chi connectivity index (χ1) is 9.57. The standard InChI is InChI=1S/C17H28N2S/c1-14(2)16-12-18-17(3,13-19(16)10-11-20-4)15-8-6-5-7-9-15/h5-9,14,16,18H,10-13H2,1-4H3. The van der Waals surface area contributed by atoms with E-state index in [1.807, 2.05) is 11.8 Å². The van der Waals surface area contributed by atoms with Crippen LogP contribution < -0.4 is 5.32 Å². The largest absolute Gasteiger partial charge is 0.305 e. The quantitative estimate of drug-likeness (QED) is 0.897. The molecule has 0 saturated carbocycles. The lowest BCUT2D eigenvalue weighted by Crippen LogP contribution is -2.62. The minimum Gasteiger partial charge on any atom is -0.305 e. The normalized spacial score (nSPS) is 27.9. The number of thioether (sulfide) groups is 1. The van der Waals surface area contributed by atoms with Gasteiger partial charge in [0.2, 0.25) is 0 Å². The molecule has 0 amide bonds. The maximum Gasteiger partial charge on any atom is 0.0535 e. The van der Waals surface area contributed by atoms with Gasteiger partial charge in [0.25, 0.3) is 0 Å². The number of nitrogens with one attached hydrogen (secondary N) is 1. The van der Waals surface area contributed by atoms with Crippen molar-refractivity contribution in [2.24, 2.45) is 5.92 Å². The summed E-state index contributed by atoms with van der Waals surface area (Å²) in [4.78, 5) is 2.69. The van der Waals surface area contributed by atoms with E-state index in [0.717, 1.165) is 13.1 Å². The molecule has 112 valence electrons. The average molecular weight is 292 g/mol. The molecule has 2 rings (SSSR count). The van der Waals surface area contributed by atoms with Gasteiger partial charge < -0.3 is 5.32 Å². The molecule has 20 heavy (non-hydrogen) atoms. The molecule has 1 aliphatic heterocycles. The highest BCUT2D eigenvalue weighted by molar-refractivity contribution is 7.98. The van der Waals surface area contributed by atoms with Crippen LogP contribution in [0.25, 0.3) is 0 Å². The van der Waals surface area contributed by atoms with Crippen molar-refractivity contribution >= 4 is 11.8 Å². The van der Waals surface area contributed by atoms with Crippen molar-refractivity contribution in [3.8, 4) is 0 Å². The lowest BCUT2D eigenvalue weighted by molar-refractivity contribution is 0.0668. The Labute approximate surface area is 128 Å². The fraction of sp³-hybridized carbons (Fsp3) is 0.647. The van der Waals surface area contributed by atoms with E-state index in [2.05, 4.69) is 67.6 Å². The van der Waals surface area contributed by atoms with Gasteiger partial charge in [-0.3, -0.25) is 4.90 Å². The smallest absolute Gasteiger partial charge is 0.0535 e. The summed E-state index contributed by atoms with van der Waals surface area (Å²) in [5.41, 5.74) is 1.47. The summed E-state index contributed by atoms with van der Waals surface area (Å²) in [6.07, 6.45) is 2.20. The summed E-state index contributed by atoms with van der Waals surface area (Å²) in [5, 5.41) is 3.80. The molecular formula is C17H28N2S. The van der Waals surface area contributed by atoms with Crippen molar-refractivity contribution in [2.45, 2.75) is 32.4 Å². The topological polar surface area (TPSA) is 15.3 Å². The highest BCUT2D eigenvalue weighted by Gasteiger charge is 2.37. The van der Waals surface area contributed by atoms with E-state index < -0.39 is 0 Å². The minimum atomic E-state index is 0.0745. The average Bonchev–Trinajstić information content (AvgIpc) is 2.46. The van der Waals surface area contributed by atoms with Crippen LogP contribution in [-0.2, 0) is 5.54 Å². The Morgan fingerprint density at radius 3 is 2.65 bits per heavy atom. The maximum absolute atomic E-state index is 3.80. The van der Waals surface area contributed by atoms with Gasteiger partial charge in [0, 0.05) is 31.4 Å². The van der Waals surface area contributed by atoms with Crippen molar-refractivity contribution < 1.29 is 0 Å². The second-order valence-corrected chi connectivity index (χ2v) is 7.34. The van der Waals surface area contributed by atoms with Crippen molar-refractivity contribution in [1.82, 2.24) is 10.2 Å². The van der Waals surface area contributed by atoms with Crippen molar-refractivity contribution in [3.05, 3.63) is 35.9 Å². The molecule has 1 heterocycles. The second-order valence-electron chi connectivity index (χ2n) is 6.35. The fourth-order valence-electron chi connectivity index (χ4n) is 3.15. The number of hydrogen-bond acceptors (Lipinski definition) is 3. The zero-order chi connectivity index (χ0) is 14.6. The van der Waals surface area contributed by atoms with Crippen LogP contribution in [0.5, 0.6) is 0 Å². The first kappa shape index (κ1) is 15.9. The van der Waals surface area contributed by atoms with Gasteiger partial charge in [0.1, 0.15) is 0 Å². The van der Waals surface area contributed by atoms with Gasteiger partial charge in [0.05, 0.1) is 5.54 Å². The molecular weight excluding hydrogens is 264 g/mol. The van der Waals surface area contributed by atoms with Crippen molar-refractivity contribution in [2.75, 3.05) is 31.6 Å². The van der Waals surface area contributed by atoms with Gasteiger partial charge in [-0.05, 0) is 24.7 Å². The lowest BCUT2D eigenvalue weighted by atomic mass is 9.86. The van der Waals surface area contributed by atoms with E-state index in [4.69, 9.17) is 0 Å². The highest BCUT2D eigenvalue weighted by Crippen LogP contribution is 2.28. The van der Waals surface area contributed by atoms with Gasteiger partial charge in [-0.15, -0.1) is 0 Å². The molecule has 1 N–H and O–H groups in total. The number of hydrogen-bond donors (Lipinski definition) is 1. The molecule has 0 aliphatic carbocycles. The van der Waals surface area contributed by atoms with Crippen LogP contribution >= 0.6 is 11.8 Å². The van der Waals surface area contributed by atoms with Gasteiger partial charge in [-0.1, -0.05) is 44.2 Å². The van der Waals surface area contributed by atoms with Crippen molar-refractivity contribution in [1.29, 1.82) is 0 Å². The molecule has 3 heteroatoms. The Hall–Kier alpha value is -0.510. The molecule has 1 fully saturated rings. The van der Waals surface area contributed by atoms with Crippen LogP contribution in [0.4, 0.5) is 0 Å². The second kappa shape index (κ2) is 6.97. The summed E-state index contributed by atoms with van der Waals surface area (Å²) in [7, 11) is 0. The Morgan fingerprint density at radius 2 is 2.05 bits per heavy atom. The summed E-state index contributed by atoms with van der Waals surface area (Å²) in [6.45, 7) is 10.4. The van der Waals surface area contributed by atoms with E-state index in [-0.39, 0.29) is 5.54 Å². The zero-order valence-corrected chi connectivity index (χ0v) is 14.0. The molecule has 1 aromatic rings. The molecule has 1 saturated heterocycles. The van der Waals surface area contributed by atoms with Crippen LogP contribution in [0, 0.1) is 5.92 Å². The third kappa shape index (κ3) is 3.57. The number of piperazine rings is 1. The molecule has 2 unspecified atom stereocenters. The molecule has 2 nitrogen and oxygen atoms in total. The van der Waals surface area contributed by atoms with E-state index in [1.165, 1.54) is 17.9 Å². The lowest BCUT2D eigenvalue weighted by Gasteiger charge is -2.48. The molecule has 0 aromatic heterocycles. The van der Waals surface area contributed by atoms with E-state index >= 15 is 0 Å². The van der Waals surface area contributed by atoms with E-state index in [9.17, 15) is 0 Å². The third-order valence-electron chi connectivity index (χ3n) is 4.45. The van der Waals surface area contributed by atoms with Crippen LogP contribution in [0.3, 0.4) is 0 Å². The van der Waals surface area contributed by atoms with Gasteiger partial charge >= 0.3 is 0 Å². The predicted octanol–water partition coefficient (Wildman–Crippen LogP) is 3.19. The van der Waals surface area contributed by atoms with Crippen LogP contribution in [0.1, 0.15) is 26.3 Å². The maximum atomic E-state index is 3.80. The first-order valence-corrected chi connectivity index (χ1v) is 9.00. The molecule has 1 aliphatic rings. The Balaban J connectivity index is 2.15. The zero-order valence-electron chi connectivity index (χ0n) is 13.2. The van der Waals surface area contributed by atoms with Gasteiger partial charge in [0.15, 0.2) is 0 Å². The third-order valence-corrected chi connectivity index (χ3v) is 5.04. The Kier molecular flexibility index (Phi) is 5.53. The SMILES string of the molecule is CSCCN1CC(C)(c2ccccc2)NCC1C(C)C. The van der Waals surface area contributed by atoms with Crippen LogP contribution in [0.2, 0.25) is 0 Å². The molecule has 2 atom stereocenters. The van der Waals surface area contributed by atoms with E-state index in [0.29, 0.717) is 12.0 Å². The first-order valence-electron chi connectivity index (χ1n) is 7.60. The number of nitrogens with zero attached hydrogens (tertiary/aromatic N) is 1. The molecule has 0 spiro atoms. The Bertz CT molecular complexity index is 407. The monoisotopic (exact) mass is 292 g/mol. The summed E-state index contributed by atoms with van der Waals surface area (Å²) in [5.74, 6) is 1.92. The van der Waals surface area contributed by atoms with Crippen LogP contribution in [-0.4, -0.2) is 42.6 Å². The molecule has 0 radical (unpaired) electrons. The fourth-order valence-corrected chi connectivity index (χ4v) is 3.57. The number of benzene rings is 1.